The predicted octanol–water partition coefficient (Wildman–Crippen LogP) is 1.81. The van der Waals surface area contributed by atoms with Crippen LogP contribution in [0.1, 0.15) is 30.1 Å². The van der Waals surface area contributed by atoms with Gasteiger partial charge in [-0.3, -0.25) is 0 Å². The third kappa shape index (κ3) is 2.09. The molecule has 15 heavy (non-hydrogen) atoms. The Balaban J connectivity index is 2.28. The van der Waals surface area contributed by atoms with Gasteiger partial charge in [-0.15, -0.1) is 0 Å². The van der Waals surface area contributed by atoms with Crippen molar-refractivity contribution in [1.29, 1.82) is 0 Å². The maximum absolute atomic E-state index is 5.80. The fourth-order valence-electron chi connectivity index (χ4n) is 1.33. The summed E-state index contributed by atoms with van der Waals surface area (Å²) in [7, 11) is 0. The Hall–Kier alpha value is -1.58. The summed E-state index contributed by atoms with van der Waals surface area (Å²) in [5.41, 5.74) is 6.61. The summed E-state index contributed by atoms with van der Waals surface area (Å²) in [4.78, 5) is 8.64. The van der Waals surface area contributed by atoms with Crippen molar-refractivity contribution in [3.8, 4) is 5.88 Å². The summed E-state index contributed by atoms with van der Waals surface area (Å²) in [6, 6.07) is 0. The molecule has 2 rings (SSSR count). The largest absolute Gasteiger partial charge is 0.473 e. The second-order valence-electron chi connectivity index (χ2n) is 3.77. The molecule has 0 aliphatic heterocycles. The molecule has 80 valence electrons. The molecule has 1 fully saturated rings. The summed E-state index contributed by atoms with van der Waals surface area (Å²) in [6.07, 6.45) is 4.00. The summed E-state index contributed by atoms with van der Waals surface area (Å²) in [5, 5.41) is 0. The Morgan fingerprint density at radius 3 is 2.87 bits per heavy atom. The van der Waals surface area contributed by atoms with Gasteiger partial charge in [0.15, 0.2) is 0 Å². The van der Waals surface area contributed by atoms with Crippen LogP contribution in [0, 0.1) is 6.92 Å². The zero-order chi connectivity index (χ0) is 10.8. The smallest absolute Gasteiger partial charge is 0.222 e. The third-order valence-corrected chi connectivity index (χ3v) is 2.44. The van der Waals surface area contributed by atoms with Gasteiger partial charge in [-0.25, -0.2) is 4.98 Å². The molecule has 0 saturated heterocycles. The average molecular weight is 205 g/mol. The topological polar surface area (TPSA) is 61.0 Å². The number of hydrogen-bond acceptors (Lipinski definition) is 4. The van der Waals surface area contributed by atoms with Crippen molar-refractivity contribution in [2.75, 3.05) is 12.3 Å². The molecule has 0 atom stereocenters. The number of nitrogens with two attached hydrogens (primary N) is 1. The lowest BCUT2D eigenvalue weighted by molar-refractivity contribution is 0.344. The number of nitrogens with zero attached hydrogens (tertiary/aromatic N) is 2. The Labute approximate surface area is 89.2 Å². The van der Waals surface area contributed by atoms with E-state index in [0.29, 0.717) is 24.2 Å². The van der Waals surface area contributed by atoms with Crippen molar-refractivity contribution in [2.24, 2.45) is 0 Å². The Kier molecular flexibility index (Phi) is 2.58. The molecule has 0 spiro atoms. The van der Waals surface area contributed by atoms with Gasteiger partial charge in [-0.1, -0.05) is 12.7 Å². The van der Waals surface area contributed by atoms with Crippen LogP contribution in [0.3, 0.4) is 0 Å². The second-order valence-corrected chi connectivity index (χ2v) is 3.77. The molecule has 0 bridgehead atoms. The van der Waals surface area contributed by atoms with E-state index in [4.69, 9.17) is 10.5 Å². The van der Waals surface area contributed by atoms with E-state index in [1.165, 1.54) is 0 Å². The van der Waals surface area contributed by atoms with Gasteiger partial charge >= 0.3 is 0 Å². The molecule has 1 saturated carbocycles. The van der Waals surface area contributed by atoms with Crippen molar-refractivity contribution in [3.05, 3.63) is 24.0 Å². The van der Waals surface area contributed by atoms with E-state index in [-0.39, 0.29) is 0 Å². The molecule has 0 unspecified atom stereocenters. The van der Waals surface area contributed by atoms with Crippen molar-refractivity contribution < 1.29 is 4.74 Å². The van der Waals surface area contributed by atoms with Crippen LogP contribution in [0.2, 0.25) is 0 Å². The van der Waals surface area contributed by atoms with E-state index in [0.717, 1.165) is 24.2 Å². The molecule has 0 radical (unpaired) electrons. The number of hydrogen-bond donors (Lipinski definition) is 1. The van der Waals surface area contributed by atoms with Crippen molar-refractivity contribution in [1.82, 2.24) is 9.97 Å². The van der Waals surface area contributed by atoms with E-state index in [1.54, 1.807) is 6.08 Å². The predicted molar refractivity (Wildman–Crippen MR) is 58.8 cm³/mol. The molecular weight excluding hydrogens is 190 g/mol. The first kappa shape index (κ1) is 9.96. The van der Waals surface area contributed by atoms with Gasteiger partial charge in [0.25, 0.3) is 0 Å². The molecule has 2 N–H and O–H groups in total. The second kappa shape index (κ2) is 3.88. The van der Waals surface area contributed by atoms with Gasteiger partial charge in [-0.05, 0) is 19.8 Å². The molecule has 4 nitrogen and oxygen atoms in total. The minimum absolute atomic E-state index is 0.446. The lowest BCUT2D eigenvalue weighted by Gasteiger charge is -2.09. The highest BCUT2D eigenvalue weighted by Crippen LogP contribution is 2.39. The number of nitrogen functional groups attached to an aromatic ring is 1. The lowest BCUT2D eigenvalue weighted by Crippen LogP contribution is -2.06. The summed E-state index contributed by atoms with van der Waals surface area (Å²) >= 11 is 0. The van der Waals surface area contributed by atoms with Crippen LogP contribution < -0.4 is 10.5 Å². The molecule has 4 heteroatoms. The number of rotatable bonds is 4. The maximum atomic E-state index is 5.80. The van der Waals surface area contributed by atoms with E-state index >= 15 is 0 Å². The van der Waals surface area contributed by atoms with Gasteiger partial charge in [0, 0.05) is 5.92 Å². The number of ether oxygens (including phenoxy) is 1. The highest BCUT2D eigenvalue weighted by molar-refractivity contribution is 5.45. The fraction of sp³-hybridized carbons (Fsp3) is 0.455. The molecular formula is C11H15N3O. The Bertz CT molecular complexity index is 386. The van der Waals surface area contributed by atoms with Crippen LogP contribution in [0.25, 0.3) is 0 Å². The SMILES string of the molecule is C=CCOc1nc(C2CC2)nc(N)c1C. The summed E-state index contributed by atoms with van der Waals surface area (Å²) in [5.74, 6) is 2.41. The Morgan fingerprint density at radius 1 is 1.53 bits per heavy atom. The molecule has 1 aromatic rings. The van der Waals surface area contributed by atoms with Gasteiger partial charge in [-0.2, -0.15) is 4.98 Å². The highest BCUT2D eigenvalue weighted by atomic mass is 16.5. The minimum Gasteiger partial charge on any atom is -0.473 e. The molecule has 0 amide bonds. The lowest BCUT2D eigenvalue weighted by atomic mass is 10.3. The van der Waals surface area contributed by atoms with E-state index in [1.807, 2.05) is 6.92 Å². The first-order valence-electron chi connectivity index (χ1n) is 5.10. The first-order valence-corrected chi connectivity index (χ1v) is 5.10. The normalized spacial score (nSPS) is 15.0. The Morgan fingerprint density at radius 2 is 2.27 bits per heavy atom. The van der Waals surface area contributed by atoms with Gasteiger partial charge in [0.1, 0.15) is 18.2 Å². The quantitative estimate of drug-likeness (QED) is 0.761. The van der Waals surface area contributed by atoms with Crippen LogP contribution in [0.15, 0.2) is 12.7 Å². The van der Waals surface area contributed by atoms with Crippen LogP contribution in [0.5, 0.6) is 5.88 Å². The van der Waals surface area contributed by atoms with Crippen LogP contribution in [-0.2, 0) is 0 Å². The van der Waals surface area contributed by atoms with Gasteiger partial charge < -0.3 is 10.5 Å². The fourth-order valence-corrected chi connectivity index (χ4v) is 1.33. The van der Waals surface area contributed by atoms with Crippen LogP contribution >= 0.6 is 0 Å². The van der Waals surface area contributed by atoms with E-state index in [9.17, 15) is 0 Å². The third-order valence-electron chi connectivity index (χ3n) is 2.44. The van der Waals surface area contributed by atoms with E-state index < -0.39 is 0 Å². The van der Waals surface area contributed by atoms with Crippen LogP contribution in [0.4, 0.5) is 5.82 Å². The van der Waals surface area contributed by atoms with Gasteiger partial charge in [0.05, 0.1) is 5.56 Å². The highest BCUT2D eigenvalue weighted by Gasteiger charge is 2.28. The van der Waals surface area contributed by atoms with Crippen molar-refractivity contribution in [2.45, 2.75) is 25.7 Å². The molecule has 0 aromatic carbocycles. The van der Waals surface area contributed by atoms with Crippen molar-refractivity contribution >= 4 is 5.82 Å². The zero-order valence-corrected chi connectivity index (χ0v) is 8.86. The first-order chi connectivity index (χ1) is 7.22. The summed E-state index contributed by atoms with van der Waals surface area (Å²) < 4.78 is 5.44. The molecule has 1 aliphatic rings. The molecule has 1 aliphatic carbocycles. The van der Waals surface area contributed by atoms with Gasteiger partial charge in [0.2, 0.25) is 5.88 Å². The monoisotopic (exact) mass is 205 g/mol. The molecule has 1 aromatic heterocycles. The average Bonchev–Trinajstić information content (AvgIpc) is 3.03. The number of anilines is 1. The van der Waals surface area contributed by atoms with Crippen molar-refractivity contribution in [3.63, 3.8) is 0 Å². The minimum atomic E-state index is 0.446. The maximum Gasteiger partial charge on any atom is 0.222 e. The standard InChI is InChI=1S/C11H15N3O/c1-3-6-15-11-7(2)9(12)13-10(14-11)8-4-5-8/h3,8H,1,4-6H2,2H3,(H2,12,13,14). The van der Waals surface area contributed by atoms with E-state index in [2.05, 4.69) is 16.5 Å². The zero-order valence-electron chi connectivity index (χ0n) is 8.86. The molecule has 1 heterocycles. The summed E-state index contributed by atoms with van der Waals surface area (Å²) in [6.45, 7) is 5.91. The van der Waals surface area contributed by atoms with Crippen LogP contribution in [-0.4, -0.2) is 16.6 Å². The number of aromatic nitrogens is 2.